The van der Waals surface area contributed by atoms with E-state index in [4.69, 9.17) is 11.2 Å². The highest BCUT2D eigenvalue weighted by Crippen LogP contribution is 2.67. The molecule has 4 saturated carbocycles. The maximum Gasteiger partial charge on any atom is 0.126 e. The molecule has 0 spiro atoms. The van der Waals surface area contributed by atoms with E-state index < -0.39 is 5.60 Å². The highest BCUT2D eigenvalue weighted by Gasteiger charge is 2.61. The first-order valence-corrected chi connectivity index (χ1v) is 10.1. The highest BCUT2D eigenvalue weighted by atomic mass is 16.5. The van der Waals surface area contributed by atoms with Crippen molar-refractivity contribution < 1.29 is 9.84 Å². The maximum atomic E-state index is 10.8. The minimum absolute atomic E-state index is 0.259. The Bertz CT molecular complexity index is 551. The second-order valence-corrected chi connectivity index (χ2v) is 10.0. The summed E-state index contributed by atoms with van der Waals surface area (Å²) in [5.41, 5.74) is -0.106. The third-order valence-corrected chi connectivity index (χ3v) is 8.99. The Morgan fingerprint density at radius 3 is 2.58 bits per heavy atom. The molecule has 0 bridgehead atoms. The largest absolute Gasteiger partial charge is 0.381 e. The lowest BCUT2D eigenvalue weighted by atomic mass is 9.45. The molecule has 1 N–H and O–H groups in total. The Hall–Kier alpha value is -0.520. The van der Waals surface area contributed by atoms with Crippen molar-refractivity contribution >= 4 is 0 Å². The Balaban J connectivity index is 1.60. The van der Waals surface area contributed by atoms with Gasteiger partial charge in [0.2, 0.25) is 0 Å². The third-order valence-electron chi connectivity index (χ3n) is 8.99. The Morgan fingerprint density at radius 2 is 1.88 bits per heavy atom. The summed E-state index contributed by atoms with van der Waals surface area (Å²) in [7, 11) is 1.88. The van der Waals surface area contributed by atoms with Gasteiger partial charge >= 0.3 is 0 Å². The number of methoxy groups -OCH3 is 1. The van der Waals surface area contributed by atoms with Gasteiger partial charge in [0.1, 0.15) is 5.60 Å². The van der Waals surface area contributed by atoms with Crippen LogP contribution >= 0.6 is 0 Å². The first kappa shape index (κ1) is 16.9. The minimum atomic E-state index is -0.847. The third kappa shape index (κ3) is 2.31. The van der Waals surface area contributed by atoms with Gasteiger partial charge in [-0.3, -0.25) is 0 Å². The molecular weight excluding hydrogens is 296 g/mol. The molecule has 4 rings (SSSR count). The lowest BCUT2D eigenvalue weighted by Gasteiger charge is -2.60. The quantitative estimate of drug-likeness (QED) is 0.722. The molecule has 4 aliphatic rings. The van der Waals surface area contributed by atoms with Crippen molar-refractivity contribution in [2.24, 2.45) is 34.5 Å². The normalized spacial score (nSPS) is 56.7. The van der Waals surface area contributed by atoms with Gasteiger partial charge in [0.15, 0.2) is 0 Å². The van der Waals surface area contributed by atoms with Crippen molar-refractivity contribution in [1.82, 2.24) is 0 Å². The molecule has 0 aliphatic heterocycles. The summed E-state index contributed by atoms with van der Waals surface area (Å²) in [5, 5.41) is 10.8. The molecule has 0 aromatic heterocycles. The molecule has 0 aromatic carbocycles. The first-order chi connectivity index (χ1) is 11.3. The van der Waals surface area contributed by atoms with E-state index in [1.165, 1.54) is 44.9 Å². The Kier molecular flexibility index (Phi) is 3.87. The van der Waals surface area contributed by atoms with Crippen LogP contribution in [0.2, 0.25) is 0 Å². The van der Waals surface area contributed by atoms with E-state index in [9.17, 15) is 5.11 Å². The monoisotopic (exact) mass is 330 g/mol. The molecule has 0 amide bonds. The number of hydrogen-bond donors (Lipinski definition) is 1. The highest BCUT2D eigenvalue weighted by molar-refractivity contribution is 5.19. The van der Waals surface area contributed by atoms with Gasteiger partial charge in [-0.15, -0.1) is 6.42 Å². The van der Waals surface area contributed by atoms with Crippen molar-refractivity contribution in [3.05, 3.63) is 0 Å². The van der Waals surface area contributed by atoms with Gasteiger partial charge in [-0.1, -0.05) is 19.8 Å². The van der Waals surface area contributed by atoms with Crippen LogP contribution in [0.5, 0.6) is 0 Å². The van der Waals surface area contributed by atoms with Crippen molar-refractivity contribution in [2.75, 3.05) is 7.11 Å². The molecule has 0 aromatic rings. The van der Waals surface area contributed by atoms with Gasteiger partial charge in [0.05, 0.1) is 6.10 Å². The molecule has 4 fully saturated rings. The van der Waals surface area contributed by atoms with Gasteiger partial charge in [0.25, 0.3) is 0 Å². The Morgan fingerprint density at radius 1 is 1.08 bits per heavy atom. The predicted octanol–water partition coefficient (Wildman–Crippen LogP) is 4.41. The number of aliphatic hydroxyl groups is 1. The van der Waals surface area contributed by atoms with Crippen LogP contribution in [0.15, 0.2) is 0 Å². The van der Waals surface area contributed by atoms with Gasteiger partial charge in [-0.05, 0) is 92.3 Å². The average Bonchev–Trinajstić information content (AvgIpc) is 2.85. The van der Waals surface area contributed by atoms with E-state index >= 15 is 0 Å². The Labute approximate surface area is 147 Å². The summed E-state index contributed by atoms with van der Waals surface area (Å²) in [5.74, 6) is 5.78. The topological polar surface area (TPSA) is 29.5 Å². The van der Waals surface area contributed by atoms with Gasteiger partial charge in [0, 0.05) is 7.11 Å². The van der Waals surface area contributed by atoms with Crippen LogP contribution in [-0.4, -0.2) is 23.9 Å². The number of fused-ring (bicyclic) bond motifs is 5. The fourth-order valence-electron chi connectivity index (χ4n) is 7.66. The van der Waals surface area contributed by atoms with Crippen LogP contribution in [0.1, 0.15) is 71.6 Å². The van der Waals surface area contributed by atoms with Crippen LogP contribution in [-0.2, 0) is 4.74 Å². The van der Waals surface area contributed by atoms with Crippen molar-refractivity contribution in [3.63, 3.8) is 0 Å². The molecule has 0 saturated heterocycles. The fraction of sp³-hybridized carbons (Fsp3) is 0.909. The summed E-state index contributed by atoms with van der Waals surface area (Å²) in [6.07, 6.45) is 16.9. The van der Waals surface area contributed by atoms with Crippen LogP contribution < -0.4 is 0 Å². The molecule has 2 nitrogen and oxygen atoms in total. The van der Waals surface area contributed by atoms with Crippen molar-refractivity contribution in [1.29, 1.82) is 0 Å². The van der Waals surface area contributed by atoms with Gasteiger partial charge in [-0.2, -0.15) is 0 Å². The van der Waals surface area contributed by atoms with Crippen LogP contribution in [0.3, 0.4) is 0 Å². The van der Waals surface area contributed by atoms with Gasteiger partial charge in [-0.25, -0.2) is 0 Å². The summed E-state index contributed by atoms with van der Waals surface area (Å²) in [6.45, 7) is 4.98. The molecule has 0 heterocycles. The molecule has 0 unspecified atom stereocenters. The molecule has 8 atom stereocenters. The average molecular weight is 331 g/mol. The van der Waals surface area contributed by atoms with E-state index in [0.717, 1.165) is 30.6 Å². The summed E-state index contributed by atoms with van der Waals surface area (Å²) in [6, 6.07) is 0. The van der Waals surface area contributed by atoms with Crippen LogP contribution in [0.25, 0.3) is 0 Å². The lowest BCUT2D eigenvalue weighted by Crippen LogP contribution is -2.53. The first-order valence-electron chi connectivity index (χ1n) is 10.1. The fourth-order valence-corrected chi connectivity index (χ4v) is 7.66. The summed E-state index contributed by atoms with van der Waals surface area (Å²) in [4.78, 5) is 0. The number of terminal acetylenes is 1. The zero-order valence-electron chi connectivity index (χ0n) is 15.7. The second kappa shape index (κ2) is 5.49. The van der Waals surface area contributed by atoms with E-state index in [1.807, 2.05) is 7.11 Å². The lowest BCUT2D eigenvalue weighted by molar-refractivity contribution is -0.125. The molecular formula is C22H34O2. The molecule has 0 radical (unpaired) electrons. The maximum absolute atomic E-state index is 10.8. The van der Waals surface area contributed by atoms with Crippen LogP contribution in [0, 0.1) is 46.8 Å². The zero-order chi connectivity index (χ0) is 17.2. The van der Waals surface area contributed by atoms with Gasteiger partial charge < -0.3 is 9.84 Å². The SMILES string of the molecule is C#C[C@]1(O)C[C@H]2[C@@H]3CC[C@H]4C[C@@H](OC)CC[C@]4(C)[C@H]3CC[C@]2(C)C1. The predicted molar refractivity (Wildman–Crippen MR) is 96.3 cm³/mol. The van der Waals surface area contributed by atoms with Crippen molar-refractivity contribution in [3.8, 4) is 12.3 Å². The van der Waals surface area contributed by atoms with E-state index in [-0.39, 0.29) is 5.41 Å². The minimum Gasteiger partial charge on any atom is -0.381 e. The molecule has 134 valence electrons. The molecule has 4 aliphatic carbocycles. The summed E-state index contributed by atoms with van der Waals surface area (Å²) < 4.78 is 5.69. The second-order valence-electron chi connectivity index (χ2n) is 10.0. The number of rotatable bonds is 1. The van der Waals surface area contributed by atoms with Crippen LogP contribution in [0.4, 0.5) is 0 Å². The van der Waals surface area contributed by atoms with E-state index in [1.54, 1.807) is 0 Å². The molecule has 2 heteroatoms. The standard InChI is InChI=1S/C22H34O2/c1-5-22(23)13-19-17-7-6-15-12-16(24-4)8-11-21(15,3)18(17)9-10-20(19,2)14-22/h1,15-19,23H,6-14H2,2-4H3/t15-,16-,17+,18-,19-,20+,21-,22-/m0/s1. The zero-order valence-corrected chi connectivity index (χ0v) is 15.7. The van der Waals surface area contributed by atoms with Crippen molar-refractivity contribution in [2.45, 2.75) is 83.3 Å². The van der Waals surface area contributed by atoms with E-state index in [2.05, 4.69) is 19.8 Å². The summed E-state index contributed by atoms with van der Waals surface area (Å²) >= 11 is 0. The van der Waals surface area contributed by atoms with E-state index in [0.29, 0.717) is 17.4 Å². The number of hydrogen-bond acceptors (Lipinski definition) is 2. The number of ether oxygens (including phenoxy) is 1. The molecule has 24 heavy (non-hydrogen) atoms. The smallest absolute Gasteiger partial charge is 0.126 e.